The summed E-state index contributed by atoms with van der Waals surface area (Å²) < 4.78 is 38.7. The predicted molar refractivity (Wildman–Crippen MR) is 77.4 cm³/mol. The summed E-state index contributed by atoms with van der Waals surface area (Å²) in [6, 6.07) is 3.96. The largest absolute Gasteiger partial charge is 0.416 e. The van der Waals surface area contributed by atoms with E-state index >= 15 is 0 Å². The molecule has 7 heteroatoms. The van der Waals surface area contributed by atoms with Crippen LogP contribution >= 0.6 is 11.3 Å². The van der Waals surface area contributed by atoms with Crippen LogP contribution in [0.1, 0.15) is 29.0 Å². The molecular formula is C14H14F3N3S. The second-order valence-corrected chi connectivity index (χ2v) is 6.06. The van der Waals surface area contributed by atoms with Gasteiger partial charge in [0.25, 0.3) is 0 Å². The Balaban J connectivity index is 2.00. The number of hydrogen-bond donors (Lipinski definition) is 1. The van der Waals surface area contributed by atoms with Crippen molar-refractivity contribution in [2.24, 2.45) is 0 Å². The maximum atomic E-state index is 12.9. The van der Waals surface area contributed by atoms with Gasteiger partial charge >= 0.3 is 6.18 Å². The molecule has 3 nitrogen and oxygen atoms in total. The first-order valence-corrected chi connectivity index (χ1v) is 7.42. The zero-order valence-electron chi connectivity index (χ0n) is 11.3. The van der Waals surface area contributed by atoms with Crippen molar-refractivity contribution in [3.05, 3.63) is 39.6 Å². The maximum absolute atomic E-state index is 12.9. The van der Waals surface area contributed by atoms with Gasteiger partial charge in [-0.15, -0.1) is 11.3 Å². The first-order valence-electron chi connectivity index (χ1n) is 6.54. The van der Waals surface area contributed by atoms with Crippen molar-refractivity contribution in [1.29, 1.82) is 0 Å². The van der Waals surface area contributed by atoms with Gasteiger partial charge in [0.2, 0.25) is 0 Å². The van der Waals surface area contributed by atoms with Crippen LogP contribution in [0.2, 0.25) is 0 Å². The van der Waals surface area contributed by atoms with Gasteiger partial charge in [-0.25, -0.2) is 4.98 Å². The Hall–Kier alpha value is -1.76. The van der Waals surface area contributed by atoms with E-state index in [4.69, 9.17) is 5.73 Å². The molecule has 0 fully saturated rings. The summed E-state index contributed by atoms with van der Waals surface area (Å²) >= 11 is 1.69. The van der Waals surface area contributed by atoms with Gasteiger partial charge in [-0.05, 0) is 42.5 Å². The Bertz CT molecular complexity index is 666. The standard InChI is InChI=1S/C14H14F3N3S/c1-8-10-3-5-21-11(10)2-4-20(8)13-7-9(14(15,16)17)6-12(18)19-13/h3,5-8H,2,4H2,1H3,(H2,18,19). The van der Waals surface area contributed by atoms with Gasteiger partial charge in [0.05, 0.1) is 11.6 Å². The molecule has 0 saturated heterocycles. The lowest BCUT2D eigenvalue weighted by atomic mass is 10.0. The van der Waals surface area contributed by atoms with E-state index in [0.717, 1.165) is 24.1 Å². The van der Waals surface area contributed by atoms with Crippen LogP contribution in [0.15, 0.2) is 23.6 Å². The van der Waals surface area contributed by atoms with Crippen molar-refractivity contribution < 1.29 is 13.2 Å². The minimum absolute atomic E-state index is 0.00427. The lowest BCUT2D eigenvalue weighted by Crippen LogP contribution is -2.34. The van der Waals surface area contributed by atoms with E-state index in [9.17, 15) is 13.2 Å². The van der Waals surface area contributed by atoms with Crippen LogP contribution in [-0.4, -0.2) is 11.5 Å². The maximum Gasteiger partial charge on any atom is 0.416 e. The number of nitrogens with zero attached hydrogens (tertiary/aromatic N) is 2. The highest BCUT2D eigenvalue weighted by Crippen LogP contribution is 2.38. The number of alkyl halides is 3. The van der Waals surface area contributed by atoms with Gasteiger partial charge in [-0.2, -0.15) is 13.2 Å². The minimum atomic E-state index is -4.42. The van der Waals surface area contributed by atoms with Gasteiger partial charge in [0, 0.05) is 11.4 Å². The number of rotatable bonds is 1. The van der Waals surface area contributed by atoms with Crippen molar-refractivity contribution >= 4 is 23.0 Å². The number of nitrogen functional groups attached to an aromatic ring is 1. The molecule has 2 aromatic heterocycles. The number of hydrogen-bond acceptors (Lipinski definition) is 4. The number of nitrogens with two attached hydrogens (primary N) is 1. The summed E-state index contributed by atoms with van der Waals surface area (Å²) in [7, 11) is 0. The van der Waals surface area contributed by atoms with E-state index < -0.39 is 11.7 Å². The number of anilines is 2. The highest BCUT2D eigenvalue weighted by molar-refractivity contribution is 7.10. The molecule has 0 spiro atoms. The number of fused-ring (bicyclic) bond motifs is 1. The molecule has 0 aliphatic carbocycles. The minimum Gasteiger partial charge on any atom is -0.384 e. The van der Waals surface area contributed by atoms with Crippen molar-refractivity contribution in [3.63, 3.8) is 0 Å². The average molecular weight is 313 g/mol. The van der Waals surface area contributed by atoms with Crippen LogP contribution in [0.4, 0.5) is 24.8 Å². The number of halogens is 3. The number of thiophene rings is 1. The third-order valence-electron chi connectivity index (χ3n) is 3.73. The third kappa shape index (κ3) is 2.57. The molecule has 0 amide bonds. The second-order valence-electron chi connectivity index (χ2n) is 5.06. The third-order valence-corrected chi connectivity index (χ3v) is 4.73. The molecule has 1 aliphatic heterocycles. The first kappa shape index (κ1) is 14.2. The second kappa shape index (κ2) is 4.91. The Kier molecular flexibility index (Phi) is 3.32. The molecule has 0 aromatic carbocycles. The van der Waals surface area contributed by atoms with Crippen molar-refractivity contribution in [2.45, 2.75) is 25.6 Å². The van der Waals surface area contributed by atoms with E-state index in [1.165, 1.54) is 4.88 Å². The molecule has 0 radical (unpaired) electrons. The Labute approximate surface area is 124 Å². The van der Waals surface area contributed by atoms with E-state index in [2.05, 4.69) is 4.98 Å². The summed E-state index contributed by atoms with van der Waals surface area (Å²) in [6.07, 6.45) is -3.60. The van der Waals surface area contributed by atoms with Gasteiger partial charge in [-0.3, -0.25) is 0 Å². The Morgan fingerprint density at radius 1 is 1.38 bits per heavy atom. The zero-order chi connectivity index (χ0) is 15.2. The lowest BCUT2D eigenvalue weighted by molar-refractivity contribution is -0.137. The highest BCUT2D eigenvalue weighted by atomic mass is 32.1. The average Bonchev–Trinajstić information content (AvgIpc) is 2.86. The summed E-state index contributed by atoms with van der Waals surface area (Å²) in [6.45, 7) is 2.62. The summed E-state index contributed by atoms with van der Waals surface area (Å²) in [5.41, 5.74) is 5.95. The molecular weight excluding hydrogens is 299 g/mol. The van der Waals surface area contributed by atoms with Crippen LogP contribution in [0.25, 0.3) is 0 Å². The molecule has 0 bridgehead atoms. The van der Waals surface area contributed by atoms with Gasteiger partial charge < -0.3 is 10.6 Å². The molecule has 2 N–H and O–H groups in total. The van der Waals surface area contributed by atoms with Gasteiger partial charge in [-0.1, -0.05) is 0 Å². The molecule has 3 heterocycles. The fourth-order valence-corrected chi connectivity index (χ4v) is 3.63. The molecule has 1 aliphatic rings. The zero-order valence-corrected chi connectivity index (χ0v) is 12.1. The lowest BCUT2D eigenvalue weighted by Gasteiger charge is -2.35. The highest BCUT2D eigenvalue weighted by Gasteiger charge is 2.33. The quantitative estimate of drug-likeness (QED) is 0.869. The Morgan fingerprint density at radius 2 is 2.14 bits per heavy atom. The fourth-order valence-electron chi connectivity index (χ4n) is 2.67. The van der Waals surface area contributed by atoms with E-state index in [0.29, 0.717) is 6.54 Å². The molecule has 112 valence electrons. The van der Waals surface area contributed by atoms with Crippen LogP contribution in [0.5, 0.6) is 0 Å². The molecule has 21 heavy (non-hydrogen) atoms. The fraction of sp³-hybridized carbons (Fsp3) is 0.357. The summed E-state index contributed by atoms with van der Waals surface area (Å²) in [4.78, 5) is 7.25. The van der Waals surface area contributed by atoms with Crippen molar-refractivity contribution in [2.75, 3.05) is 17.2 Å². The Morgan fingerprint density at radius 3 is 2.86 bits per heavy atom. The monoisotopic (exact) mass is 313 g/mol. The predicted octanol–water partition coefficient (Wildman–Crippen LogP) is 3.87. The number of pyridine rings is 1. The molecule has 3 rings (SSSR count). The first-order chi connectivity index (χ1) is 9.86. The molecule has 1 atom stereocenters. The molecule has 2 aromatic rings. The number of aromatic nitrogens is 1. The van der Waals surface area contributed by atoms with Crippen LogP contribution in [0, 0.1) is 0 Å². The van der Waals surface area contributed by atoms with Crippen LogP contribution in [0.3, 0.4) is 0 Å². The van der Waals surface area contributed by atoms with Crippen molar-refractivity contribution in [1.82, 2.24) is 4.98 Å². The summed E-state index contributed by atoms with van der Waals surface area (Å²) in [5.74, 6) is 0.176. The van der Waals surface area contributed by atoms with Crippen LogP contribution in [-0.2, 0) is 12.6 Å². The smallest absolute Gasteiger partial charge is 0.384 e. The SMILES string of the molecule is CC1c2ccsc2CCN1c1cc(C(F)(F)F)cc(N)n1. The van der Waals surface area contributed by atoms with Crippen LogP contribution < -0.4 is 10.6 Å². The van der Waals surface area contributed by atoms with E-state index in [1.54, 1.807) is 11.3 Å². The van der Waals surface area contributed by atoms with Gasteiger partial charge in [0.15, 0.2) is 0 Å². The van der Waals surface area contributed by atoms with E-state index in [1.807, 2.05) is 23.3 Å². The molecule has 1 unspecified atom stereocenters. The van der Waals surface area contributed by atoms with Gasteiger partial charge in [0.1, 0.15) is 11.6 Å². The topological polar surface area (TPSA) is 42.1 Å². The normalized spacial score (nSPS) is 18.7. The van der Waals surface area contributed by atoms with E-state index in [-0.39, 0.29) is 17.7 Å². The molecule has 0 saturated carbocycles. The summed E-state index contributed by atoms with van der Waals surface area (Å²) in [5, 5.41) is 2.01. The van der Waals surface area contributed by atoms with Crippen molar-refractivity contribution in [3.8, 4) is 0 Å².